The van der Waals surface area contributed by atoms with Gasteiger partial charge in [0, 0.05) is 6.04 Å². The maximum atomic E-state index is 10.1. The molecule has 6 N–H and O–H groups in total. The Morgan fingerprint density at radius 2 is 1.92 bits per heavy atom. The predicted octanol–water partition coefficient (Wildman–Crippen LogP) is -2.50. The van der Waals surface area contributed by atoms with Gasteiger partial charge in [0.15, 0.2) is 0 Å². The van der Waals surface area contributed by atoms with E-state index in [1.807, 2.05) is 0 Å². The van der Waals surface area contributed by atoms with Crippen LogP contribution in [-0.2, 0) is 4.79 Å². The number of hydrogen-bond donors (Lipinski definition) is 5. The van der Waals surface area contributed by atoms with E-state index in [2.05, 4.69) is 0 Å². The molecule has 0 unspecified atom stereocenters. The number of carboxylic acid groups (broad SMARTS) is 1. The predicted molar refractivity (Wildman–Crippen MR) is 39.3 cm³/mol. The standard InChI is InChI=1S/C6H13NO5/c7-3(1-5(10)11)6(12)4(9)2-8/h3-4,6,8-9,12H,1-2,7H2,(H,10,11)/t3-,4+,6+/m0/s1. The zero-order chi connectivity index (χ0) is 9.72. The molecule has 0 rings (SSSR count). The summed E-state index contributed by atoms with van der Waals surface area (Å²) in [5, 5.41) is 34.5. The van der Waals surface area contributed by atoms with Crippen LogP contribution in [0, 0.1) is 0 Å². The summed E-state index contributed by atoms with van der Waals surface area (Å²) in [6.07, 6.45) is -3.25. The summed E-state index contributed by atoms with van der Waals surface area (Å²) < 4.78 is 0. The average molecular weight is 179 g/mol. The molecule has 0 bridgehead atoms. The Bertz CT molecular complexity index is 151. The smallest absolute Gasteiger partial charge is 0.305 e. The second-order valence-corrected chi connectivity index (χ2v) is 2.50. The maximum Gasteiger partial charge on any atom is 0.305 e. The van der Waals surface area contributed by atoms with Crippen molar-refractivity contribution in [2.45, 2.75) is 24.7 Å². The Kier molecular flexibility index (Phi) is 4.75. The highest BCUT2D eigenvalue weighted by molar-refractivity contribution is 5.67. The Morgan fingerprint density at radius 3 is 2.25 bits per heavy atom. The van der Waals surface area contributed by atoms with Crippen molar-refractivity contribution in [3.8, 4) is 0 Å². The Morgan fingerprint density at radius 1 is 1.42 bits per heavy atom. The van der Waals surface area contributed by atoms with Crippen molar-refractivity contribution in [1.29, 1.82) is 0 Å². The summed E-state index contributed by atoms with van der Waals surface area (Å²) in [7, 11) is 0. The molecule has 6 heteroatoms. The van der Waals surface area contributed by atoms with Crippen LogP contribution < -0.4 is 5.73 Å². The van der Waals surface area contributed by atoms with Gasteiger partial charge >= 0.3 is 5.97 Å². The molecule has 0 spiro atoms. The fourth-order valence-corrected chi connectivity index (χ4v) is 0.716. The third-order valence-corrected chi connectivity index (χ3v) is 1.43. The molecule has 0 amide bonds. The van der Waals surface area contributed by atoms with Crippen LogP contribution in [0.1, 0.15) is 6.42 Å². The number of nitrogens with two attached hydrogens (primary N) is 1. The summed E-state index contributed by atoms with van der Waals surface area (Å²) in [6.45, 7) is -0.644. The van der Waals surface area contributed by atoms with E-state index >= 15 is 0 Å². The van der Waals surface area contributed by atoms with Gasteiger partial charge in [-0.3, -0.25) is 4.79 Å². The summed E-state index contributed by atoms with van der Waals surface area (Å²) in [5.74, 6) is -1.16. The topological polar surface area (TPSA) is 124 Å². The molecule has 0 saturated carbocycles. The first-order chi connectivity index (χ1) is 5.49. The van der Waals surface area contributed by atoms with Crippen LogP contribution in [0.2, 0.25) is 0 Å². The maximum absolute atomic E-state index is 10.1. The molecular formula is C6H13NO5. The van der Waals surface area contributed by atoms with Crippen LogP contribution in [-0.4, -0.2) is 51.3 Å². The number of aliphatic carboxylic acids is 1. The van der Waals surface area contributed by atoms with Crippen LogP contribution in [0.15, 0.2) is 0 Å². The van der Waals surface area contributed by atoms with Gasteiger partial charge in [-0.1, -0.05) is 0 Å². The van der Waals surface area contributed by atoms with Gasteiger partial charge in [0.05, 0.1) is 19.1 Å². The number of rotatable bonds is 5. The minimum absolute atomic E-state index is 0.446. The summed E-state index contributed by atoms with van der Waals surface area (Å²) in [5.41, 5.74) is 5.19. The van der Waals surface area contributed by atoms with Crippen molar-refractivity contribution >= 4 is 5.97 Å². The first-order valence-corrected chi connectivity index (χ1v) is 3.43. The first-order valence-electron chi connectivity index (χ1n) is 3.43. The molecule has 0 saturated heterocycles. The third-order valence-electron chi connectivity index (χ3n) is 1.43. The highest BCUT2D eigenvalue weighted by atomic mass is 16.4. The largest absolute Gasteiger partial charge is 0.481 e. The first kappa shape index (κ1) is 11.3. The SMILES string of the molecule is N[C@@H](CC(=O)O)[C@@H](O)[C@H](O)CO. The molecule has 0 aromatic heterocycles. The lowest BCUT2D eigenvalue weighted by Crippen LogP contribution is -2.45. The normalized spacial score (nSPS) is 18.3. The van der Waals surface area contributed by atoms with Gasteiger partial charge < -0.3 is 26.2 Å². The van der Waals surface area contributed by atoms with E-state index in [0.29, 0.717) is 0 Å². The van der Waals surface area contributed by atoms with E-state index in [0.717, 1.165) is 0 Å². The average Bonchev–Trinajstić information content (AvgIpc) is 2.00. The quantitative estimate of drug-likeness (QED) is 0.318. The minimum atomic E-state index is -1.41. The van der Waals surface area contributed by atoms with E-state index in [-0.39, 0.29) is 0 Å². The zero-order valence-electron chi connectivity index (χ0n) is 6.42. The minimum Gasteiger partial charge on any atom is -0.481 e. The van der Waals surface area contributed by atoms with E-state index < -0.39 is 37.2 Å². The molecule has 0 aliphatic carbocycles. The number of carboxylic acids is 1. The number of hydrogen-bond acceptors (Lipinski definition) is 5. The molecule has 0 heterocycles. The summed E-state index contributed by atoms with van der Waals surface area (Å²) >= 11 is 0. The van der Waals surface area contributed by atoms with E-state index in [4.69, 9.17) is 26.2 Å². The van der Waals surface area contributed by atoms with Gasteiger partial charge in [-0.05, 0) is 0 Å². The van der Waals surface area contributed by atoms with Crippen molar-refractivity contribution in [2.24, 2.45) is 5.73 Å². The fourth-order valence-electron chi connectivity index (χ4n) is 0.716. The molecule has 12 heavy (non-hydrogen) atoms. The molecule has 0 aromatic rings. The van der Waals surface area contributed by atoms with Gasteiger partial charge in [0.25, 0.3) is 0 Å². The van der Waals surface area contributed by atoms with Crippen molar-refractivity contribution in [1.82, 2.24) is 0 Å². The Labute approximate surface area is 69.2 Å². The van der Waals surface area contributed by atoms with E-state index in [1.165, 1.54) is 0 Å². The molecule has 0 aliphatic rings. The van der Waals surface area contributed by atoms with Crippen LogP contribution in [0.3, 0.4) is 0 Å². The zero-order valence-corrected chi connectivity index (χ0v) is 6.42. The monoisotopic (exact) mass is 179 g/mol. The summed E-state index contributed by atoms with van der Waals surface area (Å²) in [4.78, 5) is 10.1. The second-order valence-electron chi connectivity index (χ2n) is 2.50. The van der Waals surface area contributed by atoms with E-state index in [1.54, 1.807) is 0 Å². The fraction of sp³-hybridized carbons (Fsp3) is 0.833. The molecule has 0 aliphatic heterocycles. The van der Waals surface area contributed by atoms with Gasteiger partial charge in [-0.15, -0.1) is 0 Å². The van der Waals surface area contributed by atoms with Crippen LogP contribution in [0.5, 0.6) is 0 Å². The third kappa shape index (κ3) is 3.63. The molecule has 72 valence electrons. The van der Waals surface area contributed by atoms with E-state index in [9.17, 15) is 4.79 Å². The molecular weight excluding hydrogens is 166 g/mol. The van der Waals surface area contributed by atoms with Crippen molar-refractivity contribution in [3.63, 3.8) is 0 Å². The van der Waals surface area contributed by atoms with Gasteiger partial charge in [-0.2, -0.15) is 0 Å². The van der Waals surface area contributed by atoms with Crippen LogP contribution in [0.25, 0.3) is 0 Å². The number of aliphatic hydroxyl groups excluding tert-OH is 3. The van der Waals surface area contributed by atoms with Gasteiger partial charge in [-0.25, -0.2) is 0 Å². The second kappa shape index (κ2) is 5.04. The Balaban J connectivity index is 3.91. The van der Waals surface area contributed by atoms with Gasteiger partial charge in [0.1, 0.15) is 6.10 Å². The highest BCUT2D eigenvalue weighted by Gasteiger charge is 2.24. The van der Waals surface area contributed by atoms with Crippen molar-refractivity contribution in [2.75, 3.05) is 6.61 Å². The lowest BCUT2D eigenvalue weighted by atomic mass is 10.0. The van der Waals surface area contributed by atoms with Crippen LogP contribution >= 0.6 is 0 Å². The molecule has 0 aromatic carbocycles. The highest BCUT2D eigenvalue weighted by Crippen LogP contribution is 2.01. The Hall–Kier alpha value is -0.690. The van der Waals surface area contributed by atoms with Crippen LogP contribution in [0.4, 0.5) is 0 Å². The molecule has 0 radical (unpaired) electrons. The van der Waals surface area contributed by atoms with Gasteiger partial charge in [0.2, 0.25) is 0 Å². The van der Waals surface area contributed by atoms with Crippen molar-refractivity contribution in [3.05, 3.63) is 0 Å². The lowest BCUT2D eigenvalue weighted by Gasteiger charge is -2.20. The number of carbonyl (C=O) groups is 1. The lowest BCUT2D eigenvalue weighted by molar-refractivity contribution is -0.138. The number of aliphatic hydroxyl groups is 3. The molecule has 6 nitrogen and oxygen atoms in total. The molecule has 3 atom stereocenters. The summed E-state index contributed by atoms with van der Waals surface area (Å²) in [6, 6.07) is -1.07. The van der Waals surface area contributed by atoms with Crippen molar-refractivity contribution < 1.29 is 25.2 Å². The molecule has 0 fully saturated rings.